The van der Waals surface area contributed by atoms with Gasteiger partial charge in [0.25, 0.3) is 0 Å². The molecule has 0 fully saturated rings. The molecule has 0 saturated carbocycles. The lowest BCUT2D eigenvalue weighted by Gasteiger charge is -2.29. The van der Waals surface area contributed by atoms with E-state index in [9.17, 15) is 0 Å². The lowest BCUT2D eigenvalue weighted by Crippen LogP contribution is -2.36. The smallest absolute Gasteiger partial charge is 0.0407 e. The van der Waals surface area contributed by atoms with Gasteiger partial charge in [0.05, 0.1) is 0 Å². The van der Waals surface area contributed by atoms with Gasteiger partial charge in [-0.2, -0.15) is 0 Å². The minimum absolute atomic E-state index is 0.133. The molecule has 1 aromatic carbocycles. The maximum atomic E-state index is 6.47. The Morgan fingerprint density at radius 1 is 1.20 bits per heavy atom. The van der Waals surface area contributed by atoms with Crippen molar-refractivity contribution < 1.29 is 0 Å². The summed E-state index contributed by atoms with van der Waals surface area (Å²) < 4.78 is 0. The van der Waals surface area contributed by atoms with E-state index in [1.807, 2.05) is 6.07 Å². The van der Waals surface area contributed by atoms with Gasteiger partial charge >= 0.3 is 0 Å². The van der Waals surface area contributed by atoms with Gasteiger partial charge in [0.1, 0.15) is 0 Å². The second kappa shape index (κ2) is 5.32. The number of nitrogens with two attached hydrogens (primary N) is 1. The summed E-state index contributed by atoms with van der Waals surface area (Å²) in [7, 11) is 0. The largest absolute Gasteiger partial charge is 0.321 e. The van der Waals surface area contributed by atoms with Crippen LogP contribution in [0.1, 0.15) is 45.6 Å². The molecule has 0 saturated heterocycles. The fraction of sp³-hybridized carbons (Fsp3) is 0.571. The molecule has 0 aliphatic carbocycles. The number of hydrogen-bond acceptors (Lipinski definition) is 1. The molecule has 1 unspecified atom stereocenters. The monoisotopic (exact) mass is 205 g/mol. The van der Waals surface area contributed by atoms with E-state index in [1.165, 1.54) is 12.0 Å². The van der Waals surface area contributed by atoms with Crippen molar-refractivity contribution in [3.63, 3.8) is 0 Å². The Morgan fingerprint density at radius 3 is 2.27 bits per heavy atom. The molecule has 1 nitrogen and oxygen atoms in total. The minimum atomic E-state index is -0.133. The Hall–Kier alpha value is -0.820. The molecule has 0 bridgehead atoms. The van der Waals surface area contributed by atoms with E-state index < -0.39 is 0 Å². The molecule has 84 valence electrons. The van der Waals surface area contributed by atoms with Crippen LogP contribution >= 0.6 is 0 Å². The highest BCUT2D eigenvalue weighted by molar-refractivity contribution is 5.23. The molecule has 0 radical (unpaired) electrons. The molecule has 0 amide bonds. The van der Waals surface area contributed by atoms with Crippen molar-refractivity contribution in [1.29, 1.82) is 0 Å². The SMILES string of the molecule is CCC(N)(CCC(C)C)c1ccccc1. The minimum Gasteiger partial charge on any atom is -0.321 e. The fourth-order valence-corrected chi connectivity index (χ4v) is 1.84. The molecule has 0 spiro atoms. The zero-order valence-corrected chi connectivity index (χ0v) is 10.2. The van der Waals surface area contributed by atoms with Crippen molar-refractivity contribution in [3.8, 4) is 0 Å². The predicted molar refractivity (Wildman–Crippen MR) is 66.7 cm³/mol. The summed E-state index contributed by atoms with van der Waals surface area (Å²) in [6, 6.07) is 10.5. The van der Waals surface area contributed by atoms with Gasteiger partial charge in [-0.15, -0.1) is 0 Å². The van der Waals surface area contributed by atoms with Crippen LogP contribution in [-0.2, 0) is 5.54 Å². The summed E-state index contributed by atoms with van der Waals surface area (Å²) in [5, 5.41) is 0. The van der Waals surface area contributed by atoms with Crippen molar-refractivity contribution in [1.82, 2.24) is 0 Å². The molecular formula is C14H23N. The first-order valence-corrected chi connectivity index (χ1v) is 5.93. The van der Waals surface area contributed by atoms with E-state index in [4.69, 9.17) is 5.73 Å². The van der Waals surface area contributed by atoms with Crippen LogP contribution in [0.25, 0.3) is 0 Å². The second-order valence-electron chi connectivity index (χ2n) is 4.81. The number of benzene rings is 1. The van der Waals surface area contributed by atoms with Crippen LogP contribution in [0.15, 0.2) is 30.3 Å². The standard InChI is InChI=1S/C14H23N/c1-4-14(15,11-10-12(2)3)13-8-6-5-7-9-13/h5-9,12H,4,10-11,15H2,1-3H3. The Morgan fingerprint density at radius 2 is 1.80 bits per heavy atom. The average Bonchev–Trinajstić information content (AvgIpc) is 2.27. The molecule has 1 aromatic rings. The van der Waals surface area contributed by atoms with Crippen LogP contribution in [0.4, 0.5) is 0 Å². The highest BCUT2D eigenvalue weighted by Crippen LogP contribution is 2.28. The molecular weight excluding hydrogens is 182 g/mol. The molecule has 1 heteroatoms. The molecule has 0 aliphatic heterocycles. The van der Waals surface area contributed by atoms with E-state index in [0.717, 1.165) is 18.8 Å². The zero-order chi connectivity index (χ0) is 11.3. The Balaban J connectivity index is 2.76. The van der Waals surface area contributed by atoms with Gasteiger partial charge in [0.15, 0.2) is 0 Å². The predicted octanol–water partition coefficient (Wildman–Crippen LogP) is 3.69. The summed E-state index contributed by atoms with van der Waals surface area (Å²) in [6.45, 7) is 6.68. The van der Waals surface area contributed by atoms with E-state index >= 15 is 0 Å². The Labute approximate surface area is 93.7 Å². The highest BCUT2D eigenvalue weighted by atomic mass is 14.7. The third-order valence-electron chi connectivity index (χ3n) is 3.15. The van der Waals surface area contributed by atoms with Crippen LogP contribution in [-0.4, -0.2) is 0 Å². The lowest BCUT2D eigenvalue weighted by atomic mass is 9.82. The maximum absolute atomic E-state index is 6.47. The van der Waals surface area contributed by atoms with Crippen molar-refractivity contribution in [2.45, 2.75) is 45.6 Å². The first-order chi connectivity index (χ1) is 7.08. The van der Waals surface area contributed by atoms with Crippen molar-refractivity contribution >= 4 is 0 Å². The van der Waals surface area contributed by atoms with E-state index in [2.05, 4.69) is 45.0 Å². The summed E-state index contributed by atoms with van der Waals surface area (Å²) in [6.07, 6.45) is 3.27. The average molecular weight is 205 g/mol. The maximum Gasteiger partial charge on any atom is 0.0407 e. The van der Waals surface area contributed by atoms with Gasteiger partial charge in [-0.3, -0.25) is 0 Å². The summed E-state index contributed by atoms with van der Waals surface area (Å²) >= 11 is 0. The van der Waals surface area contributed by atoms with Gasteiger partial charge < -0.3 is 5.73 Å². The van der Waals surface area contributed by atoms with Crippen LogP contribution < -0.4 is 5.73 Å². The number of hydrogen-bond donors (Lipinski definition) is 1. The van der Waals surface area contributed by atoms with E-state index in [0.29, 0.717) is 0 Å². The first-order valence-electron chi connectivity index (χ1n) is 5.93. The molecule has 0 aliphatic rings. The topological polar surface area (TPSA) is 26.0 Å². The Kier molecular flexibility index (Phi) is 4.34. The second-order valence-corrected chi connectivity index (χ2v) is 4.81. The van der Waals surface area contributed by atoms with Crippen LogP contribution in [0.3, 0.4) is 0 Å². The van der Waals surface area contributed by atoms with Gasteiger partial charge in [0, 0.05) is 5.54 Å². The van der Waals surface area contributed by atoms with Gasteiger partial charge in [-0.05, 0) is 30.7 Å². The lowest BCUT2D eigenvalue weighted by molar-refractivity contribution is 0.354. The molecule has 0 aromatic heterocycles. The van der Waals surface area contributed by atoms with E-state index in [1.54, 1.807) is 0 Å². The summed E-state index contributed by atoms with van der Waals surface area (Å²) in [5.41, 5.74) is 7.60. The van der Waals surface area contributed by atoms with Crippen LogP contribution in [0, 0.1) is 5.92 Å². The summed E-state index contributed by atoms with van der Waals surface area (Å²) in [5.74, 6) is 0.725. The molecule has 2 N–H and O–H groups in total. The van der Waals surface area contributed by atoms with Crippen LogP contribution in [0.2, 0.25) is 0 Å². The quantitative estimate of drug-likeness (QED) is 0.779. The van der Waals surface area contributed by atoms with Gasteiger partial charge in [0.2, 0.25) is 0 Å². The fourth-order valence-electron chi connectivity index (χ4n) is 1.84. The highest BCUT2D eigenvalue weighted by Gasteiger charge is 2.24. The molecule has 1 atom stereocenters. The van der Waals surface area contributed by atoms with E-state index in [-0.39, 0.29) is 5.54 Å². The van der Waals surface area contributed by atoms with Crippen LogP contribution in [0.5, 0.6) is 0 Å². The molecule has 0 heterocycles. The van der Waals surface area contributed by atoms with Gasteiger partial charge in [-0.25, -0.2) is 0 Å². The molecule has 15 heavy (non-hydrogen) atoms. The van der Waals surface area contributed by atoms with Gasteiger partial charge in [-0.1, -0.05) is 51.1 Å². The first kappa shape index (κ1) is 12.3. The third-order valence-corrected chi connectivity index (χ3v) is 3.15. The van der Waals surface area contributed by atoms with Crippen molar-refractivity contribution in [3.05, 3.63) is 35.9 Å². The number of rotatable bonds is 5. The van der Waals surface area contributed by atoms with Crippen molar-refractivity contribution in [2.24, 2.45) is 11.7 Å². The zero-order valence-electron chi connectivity index (χ0n) is 10.2. The normalized spacial score (nSPS) is 15.3. The Bertz CT molecular complexity index is 279. The summed E-state index contributed by atoms with van der Waals surface area (Å²) in [4.78, 5) is 0. The molecule has 1 rings (SSSR count). The van der Waals surface area contributed by atoms with Crippen molar-refractivity contribution in [2.75, 3.05) is 0 Å². The third kappa shape index (κ3) is 3.35.